The van der Waals surface area contributed by atoms with Gasteiger partial charge in [0.25, 0.3) is 11.5 Å². The second-order valence-electron chi connectivity index (χ2n) is 8.32. The average Bonchev–Trinajstić information content (AvgIpc) is 2.73. The molecule has 5 heteroatoms. The van der Waals surface area contributed by atoms with Gasteiger partial charge in [0, 0.05) is 18.8 Å². The van der Waals surface area contributed by atoms with E-state index in [0.29, 0.717) is 18.8 Å². The van der Waals surface area contributed by atoms with Gasteiger partial charge in [-0.25, -0.2) is 0 Å². The van der Waals surface area contributed by atoms with Crippen molar-refractivity contribution in [3.8, 4) is 5.75 Å². The fourth-order valence-corrected chi connectivity index (χ4v) is 3.00. The molecule has 1 N–H and O–H groups in total. The van der Waals surface area contributed by atoms with Crippen LogP contribution in [0.3, 0.4) is 0 Å². The van der Waals surface area contributed by atoms with E-state index < -0.39 is 0 Å². The van der Waals surface area contributed by atoms with Gasteiger partial charge < -0.3 is 14.6 Å². The van der Waals surface area contributed by atoms with E-state index in [0.717, 1.165) is 11.1 Å². The van der Waals surface area contributed by atoms with E-state index in [1.807, 2.05) is 54.6 Å². The van der Waals surface area contributed by atoms with E-state index in [1.54, 1.807) is 22.9 Å². The zero-order valence-electron chi connectivity index (χ0n) is 17.7. The average molecular weight is 405 g/mol. The Balaban J connectivity index is 1.45. The number of nitrogens with one attached hydrogen (secondary N) is 1. The normalized spacial score (nSPS) is 11.2. The maximum atomic E-state index is 12.1. The van der Waals surface area contributed by atoms with Gasteiger partial charge >= 0.3 is 0 Å². The van der Waals surface area contributed by atoms with Crippen molar-refractivity contribution in [2.75, 3.05) is 6.61 Å². The molecule has 0 saturated heterocycles. The molecule has 0 spiro atoms. The summed E-state index contributed by atoms with van der Waals surface area (Å²) in [6.45, 7) is 7.40. The molecule has 0 aliphatic rings. The summed E-state index contributed by atoms with van der Waals surface area (Å²) >= 11 is 0. The molecule has 30 heavy (non-hydrogen) atoms. The first-order chi connectivity index (χ1) is 14.3. The van der Waals surface area contributed by atoms with E-state index >= 15 is 0 Å². The van der Waals surface area contributed by atoms with Crippen LogP contribution in [0, 0.1) is 0 Å². The van der Waals surface area contributed by atoms with Gasteiger partial charge in [-0.2, -0.15) is 0 Å². The molecular formula is C25H28N2O3. The van der Waals surface area contributed by atoms with E-state index in [-0.39, 0.29) is 23.5 Å². The molecule has 0 saturated carbocycles. The minimum absolute atomic E-state index is 0.0239. The molecule has 0 radical (unpaired) electrons. The van der Waals surface area contributed by atoms with Crippen LogP contribution in [0.4, 0.5) is 0 Å². The van der Waals surface area contributed by atoms with Gasteiger partial charge in [-0.1, -0.05) is 63.2 Å². The predicted molar refractivity (Wildman–Crippen MR) is 119 cm³/mol. The van der Waals surface area contributed by atoms with Crippen LogP contribution in [0.15, 0.2) is 77.7 Å². The van der Waals surface area contributed by atoms with Crippen LogP contribution < -0.4 is 15.6 Å². The van der Waals surface area contributed by atoms with E-state index in [9.17, 15) is 9.59 Å². The Morgan fingerprint density at radius 2 is 1.60 bits per heavy atom. The number of carbonyl (C=O) groups excluding carboxylic acids is 1. The van der Waals surface area contributed by atoms with Crippen LogP contribution in [0.2, 0.25) is 0 Å². The van der Waals surface area contributed by atoms with Crippen molar-refractivity contribution in [1.29, 1.82) is 0 Å². The summed E-state index contributed by atoms with van der Waals surface area (Å²) in [5.74, 6) is 0.508. The molecule has 1 heterocycles. The second-order valence-corrected chi connectivity index (χ2v) is 8.32. The highest BCUT2D eigenvalue weighted by atomic mass is 16.5. The Kier molecular flexibility index (Phi) is 6.72. The summed E-state index contributed by atoms with van der Waals surface area (Å²) in [6, 6.07) is 20.8. The largest absolute Gasteiger partial charge is 0.484 e. The van der Waals surface area contributed by atoms with Crippen LogP contribution >= 0.6 is 0 Å². The molecule has 2 aromatic carbocycles. The first-order valence-corrected chi connectivity index (χ1v) is 10.0. The summed E-state index contributed by atoms with van der Waals surface area (Å²) in [4.78, 5) is 23.9. The van der Waals surface area contributed by atoms with Crippen molar-refractivity contribution in [3.63, 3.8) is 0 Å². The summed E-state index contributed by atoms with van der Waals surface area (Å²) in [6.07, 6.45) is 1.77. The van der Waals surface area contributed by atoms with Crippen molar-refractivity contribution < 1.29 is 9.53 Å². The molecule has 5 nitrogen and oxygen atoms in total. The summed E-state index contributed by atoms with van der Waals surface area (Å²) in [5, 5.41) is 2.86. The van der Waals surface area contributed by atoms with Crippen LogP contribution in [0.1, 0.15) is 37.5 Å². The SMILES string of the molecule is CC(C)(C)c1ccc(OCC(=O)NCc2ccc(Cn3ccccc3=O)cc2)cc1. The van der Waals surface area contributed by atoms with Crippen molar-refractivity contribution in [3.05, 3.63) is 100.0 Å². The number of amides is 1. The molecule has 0 fully saturated rings. The lowest BCUT2D eigenvalue weighted by atomic mass is 9.87. The second kappa shape index (κ2) is 9.44. The fraction of sp³-hybridized carbons (Fsp3) is 0.280. The van der Waals surface area contributed by atoms with Gasteiger partial charge in [-0.05, 0) is 40.3 Å². The number of aromatic nitrogens is 1. The quantitative estimate of drug-likeness (QED) is 0.650. The number of benzene rings is 2. The Bertz CT molecular complexity index is 1030. The van der Waals surface area contributed by atoms with Crippen LogP contribution in [-0.2, 0) is 23.3 Å². The molecule has 3 rings (SSSR count). The molecule has 1 amide bonds. The lowest BCUT2D eigenvalue weighted by Crippen LogP contribution is -2.28. The Hall–Kier alpha value is -3.34. The molecular weight excluding hydrogens is 376 g/mol. The first-order valence-electron chi connectivity index (χ1n) is 10.0. The van der Waals surface area contributed by atoms with E-state index in [2.05, 4.69) is 26.1 Å². The Morgan fingerprint density at radius 3 is 2.23 bits per heavy atom. The molecule has 0 unspecified atom stereocenters. The third-order valence-electron chi connectivity index (χ3n) is 4.85. The number of carbonyl (C=O) groups is 1. The third kappa shape index (κ3) is 6.08. The highest BCUT2D eigenvalue weighted by Crippen LogP contribution is 2.24. The van der Waals surface area contributed by atoms with Gasteiger partial charge in [0.05, 0.1) is 6.54 Å². The van der Waals surface area contributed by atoms with E-state index in [1.165, 1.54) is 5.56 Å². The molecule has 3 aromatic rings. The molecule has 0 bridgehead atoms. The highest BCUT2D eigenvalue weighted by molar-refractivity contribution is 5.77. The lowest BCUT2D eigenvalue weighted by Gasteiger charge is -2.19. The van der Waals surface area contributed by atoms with Crippen molar-refractivity contribution in [2.24, 2.45) is 0 Å². The standard InChI is InChI=1S/C25H28N2O3/c1-25(2,3)21-11-13-22(14-12-21)30-18-23(28)26-16-19-7-9-20(10-8-19)17-27-15-5-4-6-24(27)29/h4-15H,16-18H2,1-3H3,(H,26,28). The minimum atomic E-state index is -0.171. The zero-order chi connectivity index (χ0) is 21.6. The van der Waals surface area contributed by atoms with Gasteiger partial charge in [0.1, 0.15) is 5.75 Å². The molecule has 156 valence electrons. The minimum Gasteiger partial charge on any atom is -0.484 e. The third-order valence-corrected chi connectivity index (χ3v) is 4.85. The molecule has 0 aliphatic carbocycles. The monoisotopic (exact) mass is 404 g/mol. The Morgan fingerprint density at radius 1 is 0.933 bits per heavy atom. The summed E-state index contributed by atoms with van der Waals surface area (Å²) in [7, 11) is 0. The molecule has 1 aromatic heterocycles. The van der Waals surface area contributed by atoms with Gasteiger partial charge in [-0.3, -0.25) is 9.59 Å². The van der Waals surface area contributed by atoms with Crippen molar-refractivity contribution >= 4 is 5.91 Å². The van der Waals surface area contributed by atoms with Crippen molar-refractivity contribution in [2.45, 2.75) is 39.3 Å². The van der Waals surface area contributed by atoms with Crippen LogP contribution in [-0.4, -0.2) is 17.1 Å². The van der Waals surface area contributed by atoms with E-state index in [4.69, 9.17) is 4.74 Å². The summed E-state index contributed by atoms with van der Waals surface area (Å²) < 4.78 is 7.23. The number of hydrogen-bond acceptors (Lipinski definition) is 3. The fourth-order valence-electron chi connectivity index (χ4n) is 3.00. The predicted octanol–water partition coefficient (Wildman–Crippen LogP) is 3.89. The number of pyridine rings is 1. The number of ether oxygens (including phenoxy) is 1. The topological polar surface area (TPSA) is 60.3 Å². The molecule has 0 aliphatic heterocycles. The van der Waals surface area contributed by atoms with Gasteiger partial charge in [0.2, 0.25) is 0 Å². The Labute approximate surface area is 177 Å². The smallest absolute Gasteiger partial charge is 0.258 e. The summed E-state index contributed by atoms with van der Waals surface area (Å²) in [5.41, 5.74) is 3.30. The van der Waals surface area contributed by atoms with Crippen molar-refractivity contribution in [1.82, 2.24) is 9.88 Å². The van der Waals surface area contributed by atoms with Crippen LogP contribution in [0.25, 0.3) is 0 Å². The molecule has 0 atom stereocenters. The highest BCUT2D eigenvalue weighted by Gasteiger charge is 2.13. The van der Waals surface area contributed by atoms with Gasteiger partial charge in [-0.15, -0.1) is 0 Å². The number of hydrogen-bond donors (Lipinski definition) is 1. The maximum Gasteiger partial charge on any atom is 0.258 e. The lowest BCUT2D eigenvalue weighted by molar-refractivity contribution is -0.123. The maximum absolute atomic E-state index is 12.1. The van der Waals surface area contributed by atoms with Crippen LogP contribution in [0.5, 0.6) is 5.75 Å². The van der Waals surface area contributed by atoms with Gasteiger partial charge in [0.15, 0.2) is 6.61 Å². The first kappa shape index (κ1) is 21.4. The number of rotatable bonds is 7. The zero-order valence-corrected chi connectivity index (χ0v) is 17.7. The number of nitrogens with zero attached hydrogens (tertiary/aromatic N) is 1.